The van der Waals surface area contributed by atoms with Crippen LogP contribution >= 0.6 is 12.4 Å². The van der Waals surface area contributed by atoms with E-state index in [0.717, 1.165) is 50.3 Å². The lowest BCUT2D eigenvalue weighted by Gasteiger charge is -2.37. The summed E-state index contributed by atoms with van der Waals surface area (Å²) in [5.74, 6) is 0.753. The van der Waals surface area contributed by atoms with Gasteiger partial charge in [-0.2, -0.15) is 0 Å². The van der Waals surface area contributed by atoms with Gasteiger partial charge in [0.15, 0.2) is 0 Å². The standard InChI is InChI=1S/C18H26N4O2.ClH/c1-13-4-6-16(7-5-13)21-18(24)20-9-14-3-2-8-22(12-14)17(23)15-10-19-11-15;/h4-7,14-15,19H,2-3,8-12H2,1H3,(H2,20,21,24);1H. The number of carbonyl (C=O) groups excluding carboxylic acids is 2. The Morgan fingerprint density at radius 1 is 1.24 bits per heavy atom. The minimum absolute atomic E-state index is 0. The fourth-order valence-corrected chi connectivity index (χ4v) is 3.20. The van der Waals surface area contributed by atoms with Gasteiger partial charge in [0.2, 0.25) is 5.91 Å². The fourth-order valence-electron chi connectivity index (χ4n) is 3.20. The van der Waals surface area contributed by atoms with Gasteiger partial charge in [-0.25, -0.2) is 4.79 Å². The molecule has 1 unspecified atom stereocenters. The highest BCUT2D eigenvalue weighted by Gasteiger charge is 2.32. The highest BCUT2D eigenvalue weighted by atomic mass is 35.5. The highest BCUT2D eigenvalue weighted by molar-refractivity contribution is 5.89. The van der Waals surface area contributed by atoms with Crippen LogP contribution in [0.2, 0.25) is 0 Å². The summed E-state index contributed by atoms with van der Waals surface area (Å²) in [6.45, 7) is 5.82. The molecule has 0 saturated carbocycles. The number of hydrogen-bond acceptors (Lipinski definition) is 3. The van der Waals surface area contributed by atoms with Crippen molar-refractivity contribution in [3.8, 4) is 0 Å². The van der Waals surface area contributed by atoms with Crippen molar-refractivity contribution in [2.24, 2.45) is 11.8 Å². The van der Waals surface area contributed by atoms with Crippen molar-refractivity contribution in [2.75, 3.05) is 38.0 Å². The van der Waals surface area contributed by atoms with Crippen LogP contribution in [0.4, 0.5) is 10.5 Å². The molecule has 1 aromatic rings. The molecule has 3 amide bonds. The second-order valence-electron chi connectivity index (χ2n) is 6.85. The Bertz CT molecular complexity index is 589. The largest absolute Gasteiger partial charge is 0.342 e. The van der Waals surface area contributed by atoms with Crippen LogP contribution in [0.25, 0.3) is 0 Å². The van der Waals surface area contributed by atoms with Crippen molar-refractivity contribution in [1.29, 1.82) is 0 Å². The minimum atomic E-state index is -0.189. The van der Waals surface area contributed by atoms with E-state index < -0.39 is 0 Å². The van der Waals surface area contributed by atoms with Gasteiger partial charge in [-0.15, -0.1) is 12.4 Å². The van der Waals surface area contributed by atoms with Crippen LogP contribution in [0.5, 0.6) is 0 Å². The summed E-state index contributed by atoms with van der Waals surface area (Å²) >= 11 is 0. The number of piperidine rings is 1. The summed E-state index contributed by atoms with van der Waals surface area (Å²) in [4.78, 5) is 26.3. The van der Waals surface area contributed by atoms with Gasteiger partial charge in [0.1, 0.15) is 0 Å². The Morgan fingerprint density at radius 2 is 1.96 bits per heavy atom. The van der Waals surface area contributed by atoms with Gasteiger partial charge in [-0.3, -0.25) is 4.79 Å². The molecular weight excluding hydrogens is 340 g/mol. The van der Waals surface area contributed by atoms with Crippen molar-refractivity contribution < 1.29 is 9.59 Å². The molecule has 2 saturated heterocycles. The molecule has 3 N–H and O–H groups in total. The smallest absolute Gasteiger partial charge is 0.319 e. The molecule has 0 aromatic heterocycles. The maximum Gasteiger partial charge on any atom is 0.319 e. The molecule has 1 aromatic carbocycles. The van der Waals surface area contributed by atoms with Gasteiger partial charge in [0, 0.05) is 38.4 Å². The second-order valence-corrected chi connectivity index (χ2v) is 6.85. The second kappa shape index (κ2) is 9.06. The molecule has 3 rings (SSSR count). The van der Waals surface area contributed by atoms with Crippen molar-refractivity contribution >= 4 is 30.0 Å². The summed E-state index contributed by atoms with van der Waals surface area (Å²) < 4.78 is 0. The van der Waals surface area contributed by atoms with Crippen molar-refractivity contribution in [2.45, 2.75) is 19.8 Å². The maximum atomic E-state index is 12.3. The number of aryl methyl sites for hydroxylation is 1. The molecule has 138 valence electrons. The molecule has 6 nitrogen and oxygen atoms in total. The Morgan fingerprint density at radius 3 is 2.60 bits per heavy atom. The van der Waals surface area contributed by atoms with Gasteiger partial charge in [0.05, 0.1) is 5.92 Å². The lowest BCUT2D eigenvalue weighted by Crippen LogP contribution is -2.54. The molecule has 2 aliphatic heterocycles. The van der Waals surface area contributed by atoms with Crippen LogP contribution in [0.15, 0.2) is 24.3 Å². The molecule has 0 bridgehead atoms. The van der Waals surface area contributed by atoms with E-state index >= 15 is 0 Å². The predicted octanol–water partition coefficient (Wildman–Crippen LogP) is 2.00. The van der Waals surface area contributed by atoms with E-state index in [2.05, 4.69) is 16.0 Å². The highest BCUT2D eigenvalue weighted by Crippen LogP contribution is 2.19. The zero-order chi connectivity index (χ0) is 16.9. The van der Waals surface area contributed by atoms with E-state index in [-0.39, 0.29) is 30.3 Å². The van der Waals surface area contributed by atoms with Gasteiger partial charge in [0.25, 0.3) is 0 Å². The number of urea groups is 1. The molecule has 0 aliphatic carbocycles. The quantitative estimate of drug-likeness (QED) is 0.763. The number of carbonyl (C=O) groups is 2. The van der Waals surface area contributed by atoms with Crippen LogP contribution in [0, 0.1) is 18.8 Å². The molecule has 1 atom stereocenters. The first-order valence-electron chi connectivity index (χ1n) is 8.73. The predicted molar refractivity (Wildman–Crippen MR) is 101 cm³/mol. The molecule has 2 fully saturated rings. The molecule has 2 aliphatic rings. The lowest BCUT2D eigenvalue weighted by atomic mass is 9.95. The molecule has 0 radical (unpaired) electrons. The maximum absolute atomic E-state index is 12.3. The third-order valence-electron chi connectivity index (χ3n) is 4.82. The monoisotopic (exact) mass is 366 g/mol. The van der Waals surface area contributed by atoms with Crippen molar-refractivity contribution in [3.05, 3.63) is 29.8 Å². The van der Waals surface area contributed by atoms with Crippen molar-refractivity contribution in [3.63, 3.8) is 0 Å². The number of nitrogens with one attached hydrogen (secondary N) is 3. The summed E-state index contributed by atoms with van der Waals surface area (Å²) in [7, 11) is 0. The number of benzene rings is 1. The average molecular weight is 367 g/mol. The zero-order valence-electron chi connectivity index (χ0n) is 14.6. The minimum Gasteiger partial charge on any atom is -0.342 e. The van der Waals surface area contributed by atoms with Crippen LogP contribution in [-0.4, -0.2) is 49.6 Å². The van der Waals surface area contributed by atoms with Gasteiger partial charge >= 0.3 is 6.03 Å². The summed E-state index contributed by atoms with van der Waals surface area (Å²) in [6.07, 6.45) is 2.06. The van der Waals surface area contributed by atoms with E-state index in [1.54, 1.807) is 0 Å². The van der Waals surface area contributed by atoms with E-state index in [4.69, 9.17) is 0 Å². The van der Waals surface area contributed by atoms with Gasteiger partial charge in [-0.1, -0.05) is 17.7 Å². The fraction of sp³-hybridized carbons (Fsp3) is 0.556. The zero-order valence-corrected chi connectivity index (χ0v) is 15.4. The van der Waals surface area contributed by atoms with Crippen LogP contribution in [-0.2, 0) is 4.79 Å². The Balaban J connectivity index is 0.00000225. The number of likely N-dealkylation sites (tertiary alicyclic amines) is 1. The SMILES string of the molecule is Cc1ccc(NC(=O)NCC2CCCN(C(=O)C3CNC3)C2)cc1.Cl. The third kappa shape index (κ3) is 5.34. The molecule has 25 heavy (non-hydrogen) atoms. The number of anilines is 1. The van der Waals surface area contributed by atoms with Crippen LogP contribution < -0.4 is 16.0 Å². The Labute approximate surface area is 155 Å². The topological polar surface area (TPSA) is 73.5 Å². The summed E-state index contributed by atoms with van der Waals surface area (Å²) in [5.41, 5.74) is 1.95. The molecular formula is C18H27ClN4O2. The third-order valence-corrected chi connectivity index (χ3v) is 4.82. The number of hydrogen-bond donors (Lipinski definition) is 3. The first-order chi connectivity index (χ1) is 11.6. The van der Waals surface area contributed by atoms with Gasteiger partial charge < -0.3 is 20.9 Å². The summed E-state index contributed by atoms with van der Waals surface area (Å²) in [5, 5.41) is 8.92. The van der Waals surface area contributed by atoms with E-state index in [1.165, 1.54) is 0 Å². The first kappa shape index (κ1) is 19.5. The summed E-state index contributed by atoms with van der Waals surface area (Å²) in [6, 6.07) is 7.53. The number of amides is 3. The molecule has 2 heterocycles. The van der Waals surface area contributed by atoms with E-state index in [1.807, 2.05) is 36.1 Å². The molecule has 0 spiro atoms. The number of rotatable bonds is 4. The van der Waals surface area contributed by atoms with Gasteiger partial charge in [-0.05, 0) is 37.8 Å². The number of halogens is 1. The number of nitrogens with zero attached hydrogens (tertiary/aromatic N) is 1. The Hall–Kier alpha value is -1.79. The van der Waals surface area contributed by atoms with Crippen LogP contribution in [0.3, 0.4) is 0 Å². The van der Waals surface area contributed by atoms with E-state index in [0.29, 0.717) is 12.5 Å². The Kier molecular flexibility index (Phi) is 7.08. The normalized spacial score (nSPS) is 20.2. The lowest BCUT2D eigenvalue weighted by molar-refractivity contribution is -0.138. The first-order valence-corrected chi connectivity index (χ1v) is 8.73. The molecule has 7 heteroatoms. The average Bonchev–Trinajstić information content (AvgIpc) is 2.54. The van der Waals surface area contributed by atoms with Crippen LogP contribution in [0.1, 0.15) is 18.4 Å². The van der Waals surface area contributed by atoms with E-state index in [9.17, 15) is 9.59 Å². The van der Waals surface area contributed by atoms with Crippen molar-refractivity contribution in [1.82, 2.24) is 15.5 Å².